The minimum atomic E-state index is -0.362. The van der Waals surface area contributed by atoms with E-state index >= 15 is 0 Å². The van der Waals surface area contributed by atoms with Gasteiger partial charge < -0.3 is 9.73 Å². The molecule has 1 aromatic heterocycles. The molecule has 7 aromatic carbocycles. The molecule has 0 amide bonds. The molecule has 0 aliphatic carbocycles. The molecule has 1 N–H and O–H groups in total. The Labute approximate surface area is 272 Å². The van der Waals surface area contributed by atoms with E-state index in [-0.39, 0.29) is 6.17 Å². The normalized spacial score (nSPS) is 14.6. The molecule has 1 atom stereocenters. The quantitative estimate of drug-likeness (QED) is 0.213. The van der Waals surface area contributed by atoms with Crippen molar-refractivity contribution in [1.82, 2.24) is 5.32 Å². The van der Waals surface area contributed by atoms with Crippen molar-refractivity contribution in [2.24, 2.45) is 9.98 Å². The highest BCUT2D eigenvalue weighted by atomic mass is 16.3. The number of para-hydroxylation sites is 1. The van der Waals surface area contributed by atoms with Crippen LogP contribution in [0, 0.1) is 0 Å². The van der Waals surface area contributed by atoms with E-state index in [1.807, 2.05) is 30.3 Å². The SMILES string of the molecule is c1ccc(-c2ccc(-c3ccc(C4=NC(c5ccc6ccccc6c5)=NC(c5cccc6oc7ccccc7c56)N4)cc3)cc2)cc1. The van der Waals surface area contributed by atoms with E-state index in [9.17, 15) is 0 Å². The number of nitrogens with one attached hydrogen (secondary N) is 1. The molecule has 0 spiro atoms. The fraction of sp³-hybridized carbons (Fsp3) is 0.0233. The van der Waals surface area contributed by atoms with Crippen LogP contribution in [-0.2, 0) is 0 Å². The zero-order valence-corrected chi connectivity index (χ0v) is 25.5. The number of benzene rings is 7. The van der Waals surface area contributed by atoms with Gasteiger partial charge in [0, 0.05) is 27.5 Å². The van der Waals surface area contributed by atoms with Gasteiger partial charge in [-0.2, -0.15) is 0 Å². The van der Waals surface area contributed by atoms with Crippen molar-refractivity contribution in [1.29, 1.82) is 0 Å². The predicted molar refractivity (Wildman–Crippen MR) is 194 cm³/mol. The third kappa shape index (κ3) is 4.97. The van der Waals surface area contributed by atoms with Crippen LogP contribution in [0.1, 0.15) is 22.9 Å². The van der Waals surface area contributed by atoms with Crippen LogP contribution in [0.2, 0.25) is 0 Å². The Morgan fingerprint density at radius 2 is 1.06 bits per heavy atom. The van der Waals surface area contributed by atoms with Crippen molar-refractivity contribution in [2.75, 3.05) is 0 Å². The first-order valence-corrected chi connectivity index (χ1v) is 15.9. The molecule has 0 saturated carbocycles. The number of furan rings is 1. The van der Waals surface area contributed by atoms with Gasteiger partial charge in [-0.25, -0.2) is 9.98 Å². The lowest BCUT2D eigenvalue weighted by Gasteiger charge is -2.24. The molecule has 9 rings (SSSR count). The van der Waals surface area contributed by atoms with E-state index in [0.29, 0.717) is 5.84 Å². The third-order valence-corrected chi connectivity index (χ3v) is 8.96. The molecule has 4 nitrogen and oxygen atoms in total. The Balaban J connectivity index is 1.11. The standard InChI is InChI=1S/C43H29N3O/c1-2-9-28(10-3-1)30-17-19-31(20-18-30)32-21-24-33(25-22-32)41-44-42(35-26-23-29-11-4-5-12-34(29)27-35)46-43(45-41)37-14-8-16-39-40(37)36-13-6-7-15-38(36)47-39/h1-27,43H,(H,44,45,46). The van der Waals surface area contributed by atoms with E-state index in [4.69, 9.17) is 14.4 Å². The van der Waals surface area contributed by atoms with Gasteiger partial charge in [0.1, 0.15) is 23.2 Å². The van der Waals surface area contributed by atoms with Gasteiger partial charge in [0.15, 0.2) is 5.84 Å². The molecule has 1 unspecified atom stereocenters. The summed E-state index contributed by atoms with van der Waals surface area (Å²) in [5, 5.41) is 8.17. The average molecular weight is 604 g/mol. The van der Waals surface area contributed by atoms with Crippen LogP contribution in [0.25, 0.3) is 55.0 Å². The second-order valence-electron chi connectivity index (χ2n) is 11.9. The van der Waals surface area contributed by atoms with Crippen LogP contribution in [0.3, 0.4) is 0 Å². The van der Waals surface area contributed by atoms with Crippen molar-refractivity contribution in [3.05, 3.63) is 180 Å². The number of hydrogen-bond acceptors (Lipinski definition) is 4. The molecule has 0 fully saturated rings. The Hall–Kier alpha value is -6.26. The van der Waals surface area contributed by atoms with E-state index in [1.165, 1.54) is 22.1 Å². The lowest BCUT2D eigenvalue weighted by Crippen LogP contribution is -2.33. The van der Waals surface area contributed by atoms with Crippen LogP contribution >= 0.6 is 0 Å². The molecular formula is C43H29N3O. The molecule has 0 saturated heterocycles. The highest BCUT2D eigenvalue weighted by Gasteiger charge is 2.24. The molecule has 222 valence electrons. The molecule has 1 aliphatic heterocycles. The van der Waals surface area contributed by atoms with Gasteiger partial charge in [-0.15, -0.1) is 0 Å². The average Bonchev–Trinajstić information content (AvgIpc) is 3.54. The number of hydrogen-bond donors (Lipinski definition) is 1. The largest absolute Gasteiger partial charge is 0.456 e. The van der Waals surface area contributed by atoms with Crippen molar-refractivity contribution in [3.8, 4) is 22.3 Å². The summed E-state index contributed by atoms with van der Waals surface area (Å²) in [5.41, 5.74) is 9.48. The van der Waals surface area contributed by atoms with E-state index in [1.54, 1.807) is 0 Å². The molecule has 47 heavy (non-hydrogen) atoms. The van der Waals surface area contributed by atoms with E-state index < -0.39 is 0 Å². The zero-order chi connectivity index (χ0) is 31.2. The van der Waals surface area contributed by atoms with Crippen molar-refractivity contribution < 1.29 is 4.42 Å². The number of nitrogens with zero attached hydrogens (tertiary/aromatic N) is 2. The van der Waals surface area contributed by atoms with Crippen molar-refractivity contribution in [3.63, 3.8) is 0 Å². The first kappa shape index (κ1) is 27.1. The summed E-state index contributed by atoms with van der Waals surface area (Å²) in [4.78, 5) is 10.3. The summed E-state index contributed by atoms with van der Waals surface area (Å²) in [6.07, 6.45) is -0.362. The van der Waals surface area contributed by atoms with Crippen LogP contribution < -0.4 is 5.32 Å². The lowest BCUT2D eigenvalue weighted by molar-refractivity contribution is 0.662. The number of aliphatic imine (C=N–C) groups is 2. The second kappa shape index (κ2) is 11.3. The smallest absolute Gasteiger partial charge is 0.159 e. The number of fused-ring (bicyclic) bond motifs is 4. The summed E-state index contributed by atoms with van der Waals surface area (Å²) >= 11 is 0. The summed E-state index contributed by atoms with van der Waals surface area (Å²) in [6.45, 7) is 0. The Kier molecular flexibility index (Phi) is 6.50. The zero-order valence-electron chi connectivity index (χ0n) is 25.5. The van der Waals surface area contributed by atoms with Gasteiger partial charge in [-0.1, -0.05) is 146 Å². The monoisotopic (exact) mass is 603 g/mol. The molecule has 1 aliphatic rings. The van der Waals surface area contributed by atoms with Gasteiger partial charge in [0.05, 0.1) is 0 Å². The van der Waals surface area contributed by atoms with Crippen LogP contribution in [0.15, 0.2) is 178 Å². The third-order valence-electron chi connectivity index (χ3n) is 8.96. The van der Waals surface area contributed by atoms with Gasteiger partial charge in [-0.05, 0) is 51.2 Å². The number of rotatable bonds is 5. The highest BCUT2D eigenvalue weighted by molar-refractivity contribution is 6.14. The summed E-state index contributed by atoms with van der Waals surface area (Å²) < 4.78 is 6.24. The molecule has 2 heterocycles. The Morgan fingerprint density at radius 1 is 0.468 bits per heavy atom. The molecule has 4 heteroatoms. The van der Waals surface area contributed by atoms with Crippen LogP contribution in [0.5, 0.6) is 0 Å². The molecule has 8 aromatic rings. The molecular weight excluding hydrogens is 574 g/mol. The fourth-order valence-electron chi connectivity index (χ4n) is 6.55. The minimum absolute atomic E-state index is 0.362. The first-order chi connectivity index (χ1) is 23.3. The van der Waals surface area contributed by atoms with Gasteiger partial charge in [0.25, 0.3) is 0 Å². The first-order valence-electron chi connectivity index (χ1n) is 15.9. The van der Waals surface area contributed by atoms with Crippen molar-refractivity contribution >= 4 is 44.4 Å². The second-order valence-corrected chi connectivity index (χ2v) is 11.9. The summed E-state index contributed by atoms with van der Waals surface area (Å²) in [7, 11) is 0. The Bertz CT molecular complexity index is 2470. The number of amidine groups is 2. The topological polar surface area (TPSA) is 49.9 Å². The highest BCUT2D eigenvalue weighted by Crippen LogP contribution is 2.36. The maximum absolute atomic E-state index is 6.24. The van der Waals surface area contributed by atoms with Crippen LogP contribution in [0.4, 0.5) is 0 Å². The maximum Gasteiger partial charge on any atom is 0.159 e. The van der Waals surface area contributed by atoms with Gasteiger partial charge in [0.2, 0.25) is 0 Å². The molecule has 0 bridgehead atoms. The maximum atomic E-state index is 6.24. The van der Waals surface area contributed by atoms with Crippen LogP contribution in [-0.4, -0.2) is 11.7 Å². The predicted octanol–water partition coefficient (Wildman–Crippen LogP) is 10.6. The Morgan fingerprint density at radius 3 is 1.83 bits per heavy atom. The van der Waals surface area contributed by atoms with E-state index in [2.05, 4.69) is 139 Å². The van der Waals surface area contributed by atoms with Crippen molar-refractivity contribution in [2.45, 2.75) is 6.17 Å². The minimum Gasteiger partial charge on any atom is -0.456 e. The van der Waals surface area contributed by atoms with E-state index in [0.717, 1.165) is 55.4 Å². The lowest BCUT2D eigenvalue weighted by atomic mass is 9.99. The summed E-state index contributed by atoms with van der Waals surface area (Å²) in [6, 6.07) is 57.0. The molecule has 0 radical (unpaired) electrons. The van der Waals surface area contributed by atoms with Gasteiger partial charge in [-0.3, -0.25) is 0 Å². The fourth-order valence-corrected chi connectivity index (χ4v) is 6.55. The summed E-state index contributed by atoms with van der Waals surface area (Å²) in [5.74, 6) is 1.48. The van der Waals surface area contributed by atoms with Gasteiger partial charge >= 0.3 is 0 Å².